The predicted molar refractivity (Wildman–Crippen MR) is 266 cm³/mol. The van der Waals surface area contributed by atoms with Crippen LogP contribution in [0.5, 0.6) is 0 Å². The van der Waals surface area contributed by atoms with Crippen molar-refractivity contribution < 1.29 is 0 Å². The van der Waals surface area contributed by atoms with E-state index < -0.39 is 0 Å². The number of aromatic amines is 2. The summed E-state index contributed by atoms with van der Waals surface area (Å²) in [5, 5.41) is 10.4. The first-order valence-corrected chi connectivity index (χ1v) is 22.7. The first kappa shape index (κ1) is 44.6. The van der Waals surface area contributed by atoms with Gasteiger partial charge in [-0.3, -0.25) is 9.80 Å². The molecule has 0 saturated carbocycles. The minimum Gasteiger partial charge on any atom is -0.399 e. The molecule has 0 spiro atoms. The highest BCUT2D eigenvalue weighted by Gasteiger charge is 2.23. The SMILES string of the molecule is C.CCc1cccc(CN2CCC(Nc3ncc(Cl)c(-c4c[nH]c5ccccc45)n3)CC2)c1.Nc1cccc(CN2CCC(Nc3ncc(Cl)c(-c4c[nH]c5ccccc45)n3)CC2)c1. The molecular formula is C51H57Cl2N11. The first-order chi connectivity index (χ1) is 30.8. The van der Waals surface area contributed by atoms with Crippen molar-refractivity contribution >= 4 is 62.6 Å². The van der Waals surface area contributed by atoms with Crippen LogP contribution in [-0.2, 0) is 19.5 Å². The lowest BCUT2D eigenvalue weighted by atomic mass is 10.0. The number of hydrogen-bond donors (Lipinski definition) is 5. The Morgan fingerprint density at radius 1 is 0.609 bits per heavy atom. The van der Waals surface area contributed by atoms with Crippen molar-refractivity contribution in [2.75, 3.05) is 42.5 Å². The number of halogens is 2. The van der Waals surface area contributed by atoms with Crippen molar-refractivity contribution in [3.63, 3.8) is 0 Å². The average molecular weight is 895 g/mol. The second kappa shape index (κ2) is 20.7. The molecule has 0 bridgehead atoms. The zero-order valence-electron chi connectivity index (χ0n) is 35.5. The van der Waals surface area contributed by atoms with Crippen molar-refractivity contribution in [2.24, 2.45) is 0 Å². The number of likely N-dealkylation sites (tertiary alicyclic amines) is 2. The van der Waals surface area contributed by atoms with Crippen LogP contribution >= 0.6 is 23.2 Å². The molecule has 2 aliphatic heterocycles. The number of nitrogens with zero attached hydrogens (tertiary/aromatic N) is 6. The van der Waals surface area contributed by atoms with Crippen molar-refractivity contribution in [3.8, 4) is 22.5 Å². The van der Waals surface area contributed by atoms with Crippen LogP contribution in [-0.4, -0.2) is 78.0 Å². The van der Waals surface area contributed by atoms with Gasteiger partial charge in [0.05, 0.1) is 33.8 Å². The molecule has 8 aromatic rings. The highest BCUT2D eigenvalue weighted by atomic mass is 35.5. The van der Waals surface area contributed by atoms with E-state index in [1.165, 1.54) is 16.7 Å². The standard InChI is InChI=1S/C26H28ClN5.C24H25ClN6.CH4/c1-2-18-6-5-7-19(14-18)17-32-12-10-20(11-13-32)30-26-29-16-23(27)25(31-26)22-15-28-24-9-4-3-8-21(22)24;25-21-14-28-24(30-23(21)20-13-27-22-7-2-1-6-19(20)22)29-18-8-10-31(11-9-18)15-16-4-3-5-17(26)12-16;/h3-9,14-16,20,28H,2,10-13,17H2,1H3,(H,29,30,31);1-7,12-14,18,27H,8-11,15,26H2,(H,28,29,30);1H4. The van der Waals surface area contributed by atoms with Crippen LogP contribution in [0.25, 0.3) is 44.3 Å². The molecule has 0 aliphatic carbocycles. The maximum Gasteiger partial charge on any atom is 0.223 e. The fraction of sp³-hybridized carbons (Fsp3) is 0.294. The number of aryl methyl sites for hydroxylation is 1. The molecule has 0 amide bonds. The van der Waals surface area contributed by atoms with E-state index in [0.717, 1.165) is 121 Å². The minimum atomic E-state index is 0. The van der Waals surface area contributed by atoms with E-state index in [-0.39, 0.29) is 7.43 Å². The number of rotatable bonds is 11. The molecule has 4 aromatic carbocycles. The van der Waals surface area contributed by atoms with Crippen LogP contribution in [0.3, 0.4) is 0 Å². The maximum atomic E-state index is 6.48. The number of aromatic nitrogens is 6. The second-order valence-electron chi connectivity index (χ2n) is 16.6. The molecule has 11 nitrogen and oxygen atoms in total. The Balaban J connectivity index is 0.000000172. The zero-order valence-corrected chi connectivity index (χ0v) is 37.0. The molecule has 2 fully saturated rings. The van der Waals surface area contributed by atoms with Gasteiger partial charge in [0, 0.05) is 102 Å². The Kier molecular flexibility index (Phi) is 14.4. The predicted octanol–water partition coefficient (Wildman–Crippen LogP) is 11.5. The van der Waals surface area contributed by atoms with Crippen molar-refractivity contribution in [1.82, 2.24) is 39.7 Å². The Hall–Kier alpha value is -5.98. The second-order valence-corrected chi connectivity index (χ2v) is 17.4. The molecule has 4 aromatic heterocycles. The topological polar surface area (TPSA) is 140 Å². The lowest BCUT2D eigenvalue weighted by Gasteiger charge is -2.32. The van der Waals surface area contributed by atoms with Gasteiger partial charge < -0.3 is 26.3 Å². The summed E-state index contributed by atoms with van der Waals surface area (Å²) >= 11 is 12.9. The number of nitrogens with two attached hydrogens (primary N) is 1. The van der Waals surface area contributed by atoms with Gasteiger partial charge in [0.1, 0.15) is 0 Å². The van der Waals surface area contributed by atoms with Crippen molar-refractivity contribution in [2.45, 2.75) is 71.6 Å². The van der Waals surface area contributed by atoms with Crippen LogP contribution < -0.4 is 16.4 Å². The van der Waals surface area contributed by atoms with E-state index in [1.54, 1.807) is 12.4 Å². The first-order valence-electron chi connectivity index (χ1n) is 21.9. The van der Waals surface area contributed by atoms with Crippen LogP contribution in [0.1, 0.15) is 56.7 Å². The van der Waals surface area contributed by atoms with E-state index in [1.807, 2.05) is 54.9 Å². The Morgan fingerprint density at radius 3 is 1.55 bits per heavy atom. The van der Waals surface area contributed by atoms with E-state index in [9.17, 15) is 0 Å². The number of nitrogen functional groups attached to an aromatic ring is 1. The molecule has 0 unspecified atom stereocenters. The molecule has 0 atom stereocenters. The van der Waals surface area contributed by atoms with Gasteiger partial charge in [0.15, 0.2) is 0 Å². The molecule has 13 heteroatoms. The van der Waals surface area contributed by atoms with E-state index in [2.05, 4.69) is 102 Å². The molecule has 2 aliphatic rings. The number of nitrogens with one attached hydrogen (secondary N) is 4. The molecule has 64 heavy (non-hydrogen) atoms. The van der Waals surface area contributed by atoms with Gasteiger partial charge in [0.25, 0.3) is 0 Å². The summed E-state index contributed by atoms with van der Waals surface area (Å²) in [5.74, 6) is 1.27. The number of H-pyrrole nitrogens is 2. The Bertz CT molecular complexity index is 2790. The largest absolute Gasteiger partial charge is 0.399 e. The fourth-order valence-corrected chi connectivity index (χ4v) is 9.16. The minimum absolute atomic E-state index is 0. The third kappa shape index (κ3) is 10.7. The Labute approximate surface area is 385 Å². The van der Waals surface area contributed by atoms with E-state index in [0.29, 0.717) is 34.0 Å². The van der Waals surface area contributed by atoms with Gasteiger partial charge in [-0.15, -0.1) is 0 Å². The van der Waals surface area contributed by atoms with E-state index in [4.69, 9.17) is 38.9 Å². The van der Waals surface area contributed by atoms with Crippen LogP contribution in [0.4, 0.5) is 17.6 Å². The molecule has 330 valence electrons. The molecule has 6 N–H and O–H groups in total. The quantitative estimate of drug-likeness (QED) is 0.0803. The molecule has 10 rings (SSSR count). The summed E-state index contributed by atoms with van der Waals surface area (Å²) in [7, 11) is 0. The fourth-order valence-electron chi connectivity index (χ4n) is 8.78. The highest BCUT2D eigenvalue weighted by Crippen LogP contribution is 2.34. The normalized spacial score (nSPS) is 15.1. The number of fused-ring (bicyclic) bond motifs is 2. The molecule has 6 heterocycles. The number of hydrogen-bond acceptors (Lipinski definition) is 9. The molecule has 2 saturated heterocycles. The summed E-state index contributed by atoms with van der Waals surface area (Å²) in [6.45, 7) is 8.33. The van der Waals surface area contributed by atoms with Crippen LogP contribution in [0, 0.1) is 0 Å². The monoisotopic (exact) mass is 893 g/mol. The summed E-state index contributed by atoms with van der Waals surface area (Å²) in [5.41, 5.74) is 16.4. The Morgan fingerprint density at radius 2 is 1.06 bits per heavy atom. The lowest BCUT2D eigenvalue weighted by Crippen LogP contribution is -2.39. The van der Waals surface area contributed by atoms with E-state index >= 15 is 0 Å². The summed E-state index contributed by atoms with van der Waals surface area (Å²) in [6, 6.07) is 34.1. The third-order valence-corrected chi connectivity index (χ3v) is 12.7. The highest BCUT2D eigenvalue weighted by molar-refractivity contribution is 6.33. The number of anilines is 3. The number of para-hydroxylation sites is 2. The summed E-state index contributed by atoms with van der Waals surface area (Å²) < 4.78 is 0. The average Bonchev–Trinajstić information content (AvgIpc) is 3.94. The third-order valence-electron chi connectivity index (χ3n) is 12.2. The maximum absolute atomic E-state index is 6.48. The molecular weight excluding hydrogens is 838 g/mol. The number of piperidine rings is 2. The van der Waals surface area contributed by atoms with Gasteiger partial charge in [-0.25, -0.2) is 19.9 Å². The summed E-state index contributed by atoms with van der Waals surface area (Å²) in [4.78, 5) is 30.0. The van der Waals surface area contributed by atoms with Crippen LogP contribution in [0.15, 0.2) is 122 Å². The smallest absolute Gasteiger partial charge is 0.223 e. The lowest BCUT2D eigenvalue weighted by molar-refractivity contribution is 0.211. The van der Waals surface area contributed by atoms with Gasteiger partial charge >= 0.3 is 0 Å². The van der Waals surface area contributed by atoms with Crippen molar-refractivity contribution in [3.05, 3.63) is 149 Å². The van der Waals surface area contributed by atoms with Gasteiger partial charge in [0.2, 0.25) is 11.9 Å². The zero-order chi connectivity index (χ0) is 43.1. The van der Waals surface area contributed by atoms with Crippen LogP contribution in [0.2, 0.25) is 10.0 Å². The van der Waals surface area contributed by atoms with Gasteiger partial charge in [-0.1, -0.05) is 110 Å². The van der Waals surface area contributed by atoms with Gasteiger partial charge in [-0.2, -0.15) is 0 Å². The van der Waals surface area contributed by atoms with Gasteiger partial charge in [-0.05, 0) is 73.1 Å². The molecule has 0 radical (unpaired) electrons. The van der Waals surface area contributed by atoms with Crippen molar-refractivity contribution in [1.29, 1.82) is 0 Å². The summed E-state index contributed by atoms with van der Waals surface area (Å²) in [6.07, 6.45) is 12.6. The number of benzene rings is 4.